The molecule has 0 fully saturated rings. The second-order valence-electron chi connectivity index (χ2n) is 3.80. The Bertz CT molecular complexity index is 475. The number of benzene rings is 1. The van der Waals surface area contributed by atoms with E-state index in [4.69, 9.17) is 4.74 Å². The summed E-state index contributed by atoms with van der Waals surface area (Å²) in [5.74, 6) is 0.674. The largest absolute Gasteiger partial charge is 0.494 e. The summed E-state index contributed by atoms with van der Waals surface area (Å²) in [4.78, 5) is 16.0. The van der Waals surface area contributed by atoms with Crippen molar-refractivity contribution in [2.75, 3.05) is 20.8 Å². The van der Waals surface area contributed by atoms with Crippen LogP contribution >= 0.6 is 12.6 Å². The molecule has 104 valence electrons. The first-order valence-electron chi connectivity index (χ1n) is 5.81. The summed E-state index contributed by atoms with van der Waals surface area (Å²) in [7, 11) is 2.92. The van der Waals surface area contributed by atoms with Crippen molar-refractivity contribution >= 4 is 30.6 Å². The van der Waals surface area contributed by atoms with Gasteiger partial charge in [0, 0.05) is 24.1 Å². The molecular formula is C13H18N2O3S. The Balaban J connectivity index is 2.66. The maximum Gasteiger partial charge on any atom is 0.406 e. The molecule has 0 heterocycles. The second kappa shape index (κ2) is 7.68. The normalized spacial score (nSPS) is 10.5. The van der Waals surface area contributed by atoms with Crippen LogP contribution in [0.4, 0.5) is 10.5 Å². The highest BCUT2D eigenvalue weighted by Gasteiger charge is 2.07. The van der Waals surface area contributed by atoms with Gasteiger partial charge in [0.1, 0.15) is 11.4 Å². The van der Waals surface area contributed by atoms with E-state index in [0.29, 0.717) is 24.4 Å². The molecule has 0 aliphatic carbocycles. The molecule has 6 heteroatoms. The molecule has 1 aromatic rings. The number of hydrogen-bond acceptors (Lipinski definition) is 5. The molecular weight excluding hydrogens is 264 g/mol. The van der Waals surface area contributed by atoms with Crippen molar-refractivity contribution in [3.63, 3.8) is 0 Å². The maximum atomic E-state index is 10.8. The number of alkyl carbamates (subject to hydrolysis) is 1. The highest BCUT2D eigenvalue weighted by molar-refractivity contribution is 7.80. The molecule has 0 aromatic heterocycles. The fourth-order valence-corrected chi connectivity index (χ4v) is 1.66. The molecule has 1 N–H and O–H groups in total. The lowest BCUT2D eigenvalue weighted by Crippen LogP contribution is -2.24. The van der Waals surface area contributed by atoms with Crippen molar-refractivity contribution in [1.82, 2.24) is 5.32 Å². The summed E-state index contributed by atoms with van der Waals surface area (Å²) in [5, 5.41) is 2.57. The van der Waals surface area contributed by atoms with Crippen LogP contribution in [-0.4, -0.2) is 33.1 Å². The third kappa shape index (κ3) is 4.48. The van der Waals surface area contributed by atoms with Gasteiger partial charge in [0.25, 0.3) is 0 Å². The molecule has 0 aliphatic rings. The van der Waals surface area contributed by atoms with Gasteiger partial charge in [-0.25, -0.2) is 4.79 Å². The molecule has 0 saturated heterocycles. The van der Waals surface area contributed by atoms with E-state index in [2.05, 4.69) is 27.7 Å². The Morgan fingerprint density at radius 3 is 2.84 bits per heavy atom. The lowest BCUT2D eigenvalue weighted by molar-refractivity contribution is 0.171. The molecule has 0 bridgehead atoms. The van der Waals surface area contributed by atoms with E-state index in [1.807, 2.05) is 19.1 Å². The Morgan fingerprint density at radius 2 is 2.21 bits per heavy atom. The van der Waals surface area contributed by atoms with Crippen LogP contribution in [0.3, 0.4) is 0 Å². The van der Waals surface area contributed by atoms with E-state index in [1.165, 1.54) is 7.11 Å². The number of hydrogen-bond donors (Lipinski definition) is 2. The van der Waals surface area contributed by atoms with E-state index in [0.717, 1.165) is 10.5 Å². The predicted molar refractivity (Wildman–Crippen MR) is 78.2 cm³/mol. The van der Waals surface area contributed by atoms with Gasteiger partial charge in [0.2, 0.25) is 0 Å². The number of carbonyl (C=O) groups is 1. The maximum absolute atomic E-state index is 10.8. The zero-order valence-corrected chi connectivity index (χ0v) is 12.2. The second-order valence-corrected chi connectivity index (χ2v) is 4.25. The van der Waals surface area contributed by atoms with E-state index >= 15 is 0 Å². The number of amides is 1. The molecule has 1 aromatic carbocycles. The lowest BCUT2D eigenvalue weighted by Gasteiger charge is -2.09. The molecule has 0 saturated carbocycles. The molecule has 0 radical (unpaired) electrons. The van der Waals surface area contributed by atoms with Crippen molar-refractivity contribution < 1.29 is 14.3 Å². The van der Waals surface area contributed by atoms with Crippen molar-refractivity contribution in [3.8, 4) is 5.75 Å². The van der Waals surface area contributed by atoms with Crippen LogP contribution in [0, 0.1) is 6.92 Å². The van der Waals surface area contributed by atoms with Gasteiger partial charge in [-0.15, -0.1) is 12.6 Å². The Kier molecular flexibility index (Phi) is 6.21. The number of thiol groups is 1. The Hall–Kier alpha value is -1.69. The van der Waals surface area contributed by atoms with E-state index in [9.17, 15) is 4.79 Å². The molecule has 1 rings (SSSR count). The minimum atomic E-state index is -0.448. The number of aryl methyl sites for hydroxylation is 1. The summed E-state index contributed by atoms with van der Waals surface area (Å²) >= 11 is 4.42. The topological polar surface area (TPSA) is 59.9 Å². The van der Waals surface area contributed by atoms with Gasteiger partial charge in [-0.05, 0) is 18.6 Å². The van der Waals surface area contributed by atoms with Crippen LogP contribution in [0.5, 0.6) is 5.75 Å². The van der Waals surface area contributed by atoms with Crippen LogP contribution < -0.4 is 10.1 Å². The van der Waals surface area contributed by atoms with Crippen LogP contribution in [0.25, 0.3) is 0 Å². The summed E-state index contributed by atoms with van der Waals surface area (Å²) in [6.07, 6.45) is 1.86. The van der Waals surface area contributed by atoms with E-state index in [1.54, 1.807) is 13.3 Å². The Morgan fingerprint density at radius 1 is 1.47 bits per heavy atom. The Labute approximate surface area is 118 Å². The minimum absolute atomic E-state index is 0.448. The number of nitrogens with zero attached hydrogens (tertiary/aromatic N) is 1. The minimum Gasteiger partial charge on any atom is -0.494 e. The van der Waals surface area contributed by atoms with Crippen molar-refractivity contribution in [3.05, 3.63) is 17.7 Å². The van der Waals surface area contributed by atoms with Crippen molar-refractivity contribution in [1.29, 1.82) is 0 Å². The fourth-order valence-electron chi connectivity index (χ4n) is 1.42. The number of carbonyl (C=O) groups excluding carboxylic acids is 1. The van der Waals surface area contributed by atoms with Gasteiger partial charge >= 0.3 is 6.09 Å². The first kappa shape index (κ1) is 15.4. The van der Waals surface area contributed by atoms with Gasteiger partial charge in [0.15, 0.2) is 0 Å². The summed E-state index contributed by atoms with van der Waals surface area (Å²) < 4.78 is 9.70. The molecule has 0 spiro atoms. The number of methoxy groups -OCH3 is 2. The summed E-state index contributed by atoms with van der Waals surface area (Å²) in [5.41, 5.74) is 1.73. The quantitative estimate of drug-likeness (QED) is 0.496. The van der Waals surface area contributed by atoms with Gasteiger partial charge < -0.3 is 14.8 Å². The highest BCUT2D eigenvalue weighted by atomic mass is 32.1. The predicted octanol–water partition coefficient (Wildman–Crippen LogP) is 2.74. The smallest absolute Gasteiger partial charge is 0.406 e. The average Bonchev–Trinajstić information content (AvgIpc) is 2.42. The lowest BCUT2D eigenvalue weighted by atomic mass is 10.2. The van der Waals surface area contributed by atoms with Gasteiger partial charge in [-0.1, -0.05) is 6.07 Å². The summed E-state index contributed by atoms with van der Waals surface area (Å²) in [6.45, 7) is 2.42. The van der Waals surface area contributed by atoms with E-state index in [-0.39, 0.29) is 0 Å². The third-order valence-electron chi connectivity index (χ3n) is 2.48. The van der Waals surface area contributed by atoms with Gasteiger partial charge in [0.05, 0.1) is 14.2 Å². The molecule has 0 atom stereocenters. The zero-order chi connectivity index (χ0) is 14.3. The molecule has 0 aliphatic heterocycles. The number of rotatable bonds is 5. The first-order valence-corrected chi connectivity index (χ1v) is 6.25. The number of nitrogens with one attached hydrogen (secondary N) is 1. The summed E-state index contributed by atoms with van der Waals surface area (Å²) in [6, 6.07) is 3.79. The number of aliphatic imine (C=N–C) groups is 1. The van der Waals surface area contributed by atoms with Crippen LogP contribution in [0.15, 0.2) is 22.0 Å². The molecule has 19 heavy (non-hydrogen) atoms. The molecule has 1 amide bonds. The van der Waals surface area contributed by atoms with Crippen LogP contribution in [0.2, 0.25) is 0 Å². The first-order chi connectivity index (χ1) is 9.10. The molecule has 0 unspecified atom stereocenters. The average molecular weight is 282 g/mol. The SMILES string of the molecule is COC(=O)NCCC=Nc1c(OC)ccc(C)c1S. The van der Waals surface area contributed by atoms with Crippen molar-refractivity contribution in [2.24, 2.45) is 4.99 Å². The number of ether oxygens (including phenoxy) is 2. The standard InChI is InChI=1S/C13H18N2O3S/c1-9-5-6-10(17-2)11(12(9)19)14-7-4-8-15-13(16)18-3/h5-7,19H,4,8H2,1-3H3,(H,15,16). The van der Waals surface area contributed by atoms with Crippen LogP contribution in [0.1, 0.15) is 12.0 Å². The zero-order valence-electron chi connectivity index (χ0n) is 11.3. The fraction of sp³-hybridized carbons (Fsp3) is 0.385. The molecule has 5 nitrogen and oxygen atoms in total. The van der Waals surface area contributed by atoms with E-state index < -0.39 is 6.09 Å². The van der Waals surface area contributed by atoms with Crippen LogP contribution in [-0.2, 0) is 4.74 Å². The highest BCUT2D eigenvalue weighted by Crippen LogP contribution is 2.35. The van der Waals surface area contributed by atoms with Crippen molar-refractivity contribution in [2.45, 2.75) is 18.2 Å². The monoisotopic (exact) mass is 282 g/mol. The van der Waals surface area contributed by atoms with Gasteiger partial charge in [-0.3, -0.25) is 4.99 Å². The third-order valence-corrected chi connectivity index (χ3v) is 3.05. The van der Waals surface area contributed by atoms with Gasteiger partial charge in [-0.2, -0.15) is 0 Å².